The van der Waals surface area contributed by atoms with Crippen LogP contribution in [0.5, 0.6) is 0 Å². The summed E-state index contributed by atoms with van der Waals surface area (Å²) in [6.07, 6.45) is 7.41. The Bertz CT molecular complexity index is 650. The molecule has 1 aliphatic rings. The quantitative estimate of drug-likeness (QED) is 0.789. The van der Waals surface area contributed by atoms with E-state index in [0.29, 0.717) is 0 Å². The summed E-state index contributed by atoms with van der Waals surface area (Å²) in [6, 6.07) is 2.05. The van der Waals surface area contributed by atoms with E-state index in [1.165, 1.54) is 0 Å². The lowest BCUT2D eigenvalue weighted by atomic mass is 9.79. The third-order valence-electron chi connectivity index (χ3n) is 4.32. The van der Waals surface area contributed by atoms with E-state index in [1.807, 2.05) is 59.4 Å². The third-order valence-corrected chi connectivity index (χ3v) is 4.32. The smallest absolute Gasteiger partial charge is 0.399 e. The highest BCUT2D eigenvalue weighted by molar-refractivity contribution is 6.62. The van der Waals surface area contributed by atoms with Crippen LogP contribution in [-0.4, -0.2) is 33.1 Å². The molecule has 5 nitrogen and oxygen atoms in total. The van der Waals surface area contributed by atoms with Crippen molar-refractivity contribution in [3.05, 3.63) is 30.9 Å². The lowest BCUT2D eigenvalue weighted by molar-refractivity contribution is 0.00578. The zero-order chi connectivity index (χ0) is 15.3. The van der Waals surface area contributed by atoms with Gasteiger partial charge in [0.05, 0.1) is 17.4 Å². The fourth-order valence-electron chi connectivity index (χ4n) is 2.29. The van der Waals surface area contributed by atoms with E-state index in [0.717, 1.165) is 16.6 Å². The summed E-state index contributed by atoms with van der Waals surface area (Å²) in [6.45, 7) is 8.19. The van der Waals surface area contributed by atoms with Gasteiger partial charge in [-0.25, -0.2) is 0 Å². The Kier molecular flexibility index (Phi) is 3.18. The van der Waals surface area contributed by atoms with Crippen LogP contribution in [0.2, 0.25) is 0 Å². The van der Waals surface area contributed by atoms with Crippen molar-refractivity contribution < 1.29 is 9.31 Å². The van der Waals surface area contributed by atoms with Crippen LogP contribution < -0.4 is 5.46 Å². The van der Waals surface area contributed by atoms with Crippen molar-refractivity contribution in [1.82, 2.24) is 14.8 Å². The number of nitrogens with zero attached hydrogens (tertiary/aromatic N) is 3. The average molecular weight is 285 g/mol. The molecule has 0 aliphatic carbocycles. The predicted octanol–water partition coefficient (Wildman–Crippen LogP) is 1.78. The maximum absolute atomic E-state index is 6.06. The standard InChI is InChI=1S/C15H20BN3O2/c1-14(2)15(3,4)21-16(20-14)13-6-11(7-17-9-13)12-8-18-19(5)10-12/h6-10H,1-5H3. The highest BCUT2D eigenvalue weighted by atomic mass is 16.7. The van der Waals surface area contributed by atoms with Crippen LogP contribution in [-0.2, 0) is 16.4 Å². The number of aromatic nitrogens is 3. The molecule has 21 heavy (non-hydrogen) atoms. The van der Waals surface area contributed by atoms with E-state index < -0.39 is 0 Å². The van der Waals surface area contributed by atoms with Gasteiger partial charge in [-0.2, -0.15) is 5.10 Å². The van der Waals surface area contributed by atoms with Gasteiger partial charge in [0.25, 0.3) is 0 Å². The monoisotopic (exact) mass is 285 g/mol. The molecule has 0 N–H and O–H groups in total. The fraction of sp³-hybridized carbons (Fsp3) is 0.467. The molecule has 1 saturated heterocycles. The van der Waals surface area contributed by atoms with E-state index in [9.17, 15) is 0 Å². The molecule has 6 heteroatoms. The summed E-state index contributed by atoms with van der Waals surface area (Å²) in [4.78, 5) is 4.31. The third kappa shape index (κ3) is 2.49. The van der Waals surface area contributed by atoms with E-state index in [4.69, 9.17) is 9.31 Å². The first-order valence-electron chi connectivity index (χ1n) is 7.08. The summed E-state index contributed by atoms with van der Waals surface area (Å²) < 4.78 is 13.9. The highest BCUT2D eigenvalue weighted by Gasteiger charge is 2.51. The van der Waals surface area contributed by atoms with Gasteiger partial charge in [-0.1, -0.05) is 6.07 Å². The molecule has 0 bridgehead atoms. The molecule has 0 aromatic carbocycles. The Morgan fingerprint density at radius 2 is 1.67 bits per heavy atom. The summed E-state index contributed by atoms with van der Waals surface area (Å²) in [7, 11) is 1.51. The molecule has 3 heterocycles. The van der Waals surface area contributed by atoms with Crippen LogP contribution in [0.15, 0.2) is 30.9 Å². The Labute approximate surface area is 125 Å². The Morgan fingerprint density at radius 3 is 2.24 bits per heavy atom. The molecule has 0 atom stereocenters. The second-order valence-corrected chi connectivity index (χ2v) is 6.50. The second kappa shape index (κ2) is 4.68. The maximum Gasteiger partial charge on any atom is 0.496 e. The molecule has 110 valence electrons. The highest BCUT2D eigenvalue weighted by Crippen LogP contribution is 2.36. The summed E-state index contributed by atoms with van der Waals surface area (Å²) in [5.41, 5.74) is 2.28. The summed E-state index contributed by atoms with van der Waals surface area (Å²) in [5, 5.41) is 4.19. The molecule has 0 radical (unpaired) electrons. The fourth-order valence-corrected chi connectivity index (χ4v) is 2.29. The molecule has 2 aromatic heterocycles. The van der Waals surface area contributed by atoms with Gasteiger partial charge in [0.1, 0.15) is 0 Å². The molecule has 1 aliphatic heterocycles. The van der Waals surface area contributed by atoms with E-state index in [2.05, 4.69) is 10.1 Å². The van der Waals surface area contributed by atoms with E-state index in [-0.39, 0.29) is 18.3 Å². The van der Waals surface area contributed by atoms with Crippen LogP contribution in [0, 0.1) is 0 Å². The molecule has 0 amide bonds. The molecule has 3 rings (SSSR count). The van der Waals surface area contributed by atoms with Gasteiger partial charge in [-0.3, -0.25) is 9.67 Å². The van der Waals surface area contributed by atoms with Gasteiger partial charge in [0, 0.05) is 42.2 Å². The minimum absolute atomic E-state index is 0.345. The number of rotatable bonds is 2. The minimum atomic E-state index is -0.390. The van der Waals surface area contributed by atoms with Gasteiger partial charge in [-0.05, 0) is 27.7 Å². The van der Waals surface area contributed by atoms with Crippen molar-refractivity contribution in [3.8, 4) is 11.1 Å². The van der Waals surface area contributed by atoms with Crippen LogP contribution >= 0.6 is 0 Å². The van der Waals surface area contributed by atoms with Crippen molar-refractivity contribution >= 4 is 12.6 Å². The van der Waals surface area contributed by atoms with Crippen LogP contribution in [0.25, 0.3) is 11.1 Å². The predicted molar refractivity (Wildman–Crippen MR) is 82.2 cm³/mol. The Hall–Kier alpha value is -1.66. The molecule has 1 fully saturated rings. The normalized spacial score (nSPS) is 20.0. The molecular formula is C15H20BN3O2. The number of aryl methyl sites for hydroxylation is 1. The lowest BCUT2D eigenvalue weighted by Crippen LogP contribution is -2.41. The lowest BCUT2D eigenvalue weighted by Gasteiger charge is -2.32. The summed E-state index contributed by atoms with van der Waals surface area (Å²) >= 11 is 0. The minimum Gasteiger partial charge on any atom is -0.399 e. The maximum atomic E-state index is 6.06. The molecule has 0 spiro atoms. The first kappa shape index (κ1) is 14.3. The first-order valence-corrected chi connectivity index (χ1v) is 7.08. The van der Waals surface area contributed by atoms with Gasteiger partial charge in [0.15, 0.2) is 0 Å². The van der Waals surface area contributed by atoms with E-state index in [1.54, 1.807) is 10.9 Å². The van der Waals surface area contributed by atoms with Crippen molar-refractivity contribution in [3.63, 3.8) is 0 Å². The first-order chi connectivity index (χ1) is 9.78. The van der Waals surface area contributed by atoms with Crippen LogP contribution in [0.3, 0.4) is 0 Å². The number of pyridine rings is 1. The number of hydrogen-bond acceptors (Lipinski definition) is 4. The summed E-state index contributed by atoms with van der Waals surface area (Å²) in [5.74, 6) is 0. The Morgan fingerprint density at radius 1 is 1.00 bits per heavy atom. The molecule has 0 saturated carbocycles. The van der Waals surface area contributed by atoms with Crippen molar-refractivity contribution in [1.29, 1.82) is 0 Å². The van der Waals surface area contributed by atoms with Crippen LogP contribution in [0.1, 0.15) is 27.7 Å². The molecular weight excluding hydrogens is 265 g/mol. The van der Waals surface area contributed by atoms with Gasteiger partial charge >= 0.3 is 7.12 Å². The average Bonchev–Trinajstić information content (AvgIpc) is 2.92. The van der Waals surface area contributed by atoms with Crippen molar-refractivity contribution in [2.24, 2.45) is 7.05 Å². The number of hydrogen-bond donors (Lipinski definition) is 0. The Balaban J connectivity index is 1.91. The second-order valence-electron chi connectivity index (χ2n) is 6.50. The molecule has 2 aromatic rings. The molecule has 0 unspecified atom stereocenters. The zero-order valence-electron chi connectivity index (χ0n) is 13.1. The zero-order valence-corrected chi connectivity index (χ0v) is 13.1. The SMILES string of the molecule is Cn1cc(-c2cncc(B3OC(C)(C)C(C)(C)O3)c2)cn1. The topological polar surface area (TPSA) is 49.2 Å². The largest absolute Gasteiger partial charge is 0.496 e. The van der Waals surface area contributed by atoms with Gasteiger partial charge in [-0.15, -0.1) is 0 Å². The van der Waals surface area contributed by atoms with Gasteiger partial charge < -0.3 is 9.31 Å². The van der Waals surface area contributed by atoms with Crippen molar-refractivity contribution in [2.75, 3.05) is 0 Å². The van der Waals surface area contributed by atoms with Crippen molar-refractivity contribution in [2.45, 2.75) is 38.9 Å². The van der Waals surface area contributed by atoms with Gasteiger partial charge in [0.2, 0.25) is 0 Å². The van der Waals surface area contributed by atoms with Crippen LogP contribution in [0.4, 0.5) is 0 Å². The van der Waals surface area contributed by atoms with E-state index >= 15 is 0 Å².